The number of nitriles is 1. The molecule has 2 atom stereocenters. The first-order valence-electron chi connectivity index (χ1n) is 12.3. The number of carbonyl (C=O) groups excluding carboxylic acids is 3. The van der Waals surface area contributed by atoms with Gasteiger partial charge in [0, 0.05) is 32.7 Å². The van der Waals surface area contributed by atoms with Crippen LogP contribution >= 0.6 is 0 Å². The Bertz CT molecular complexity index is 900. The highest BCUT2D eigenvalue weighted by atomic mass is 16.5. The van der Waals surface area contributed by atoms with Crippen LogP contribution in [0.2, 0.25) is 0 Å². The van der Waals surface area contributed by atoms with E-state index in [4.69, 9.17) is 5.26 Å². The predicted molar refractivity (Wildman–Crippen MR) is 132 cm³/mol. The van der Waals surface area contributed by atoms with Gasteiger partial charge in [-0.1, -0.05) is 52.7 Å². The van der Waals surface area contributed by atoms with Gasteiger partial charge in [0.25, 0.3) is 0 Å². The molecule has 1 aromatic rings. The van der Waals surface area contributed by atoms with Crippen molar-refractivity contribution in [3.05, 3.63) is 35.4 Å². The smallest absolute Gasteiger partial charge is 0.245 e. The Kier molecular flexibility index (Phi) is 10.7. The van der Waals surface area contributed by atoms with Crippen LogP contribution in [0, 0.1) is 22.7 Å². The lowest BCUT2D eigenvalue weighted by Crippen LogP contribution is -2.59. The average Bonchev–Trinajstić information content (AvgIpc) is 2.84. The van der Waals surface area contributed by atoms with Gasteiger partial charge in [-0.15, -0.1) is 0 Å². The summed E-state index contributed by atoms with van der Waals surface area (Å²) >= 11 is 0. The van der Waals surface area contributed by atoms with Gasteiger partial charge in [0.2, 0.25) is 18.2 Å². The fraction of sp³-hybridized carbons (Fsp3) is 0.615. The number of carbonyl (C=O) groups is 3. The maximum Gasteiger partial charge on any atom is 0.245 e. The van der Waals surface area contributed by atoms with Crippen LogP contribution in [0.25, 0.3) is 0 Å². The number of nitrogens with one attached hydrogen (secondary N) is 1. The Labute approximate surface area is 208 Å². The van der Waals surface area contributed by atoms with Crippen LogP contribution in [-0.4, -0.2) is 77.1 Å². The monoisotopic (exact) mass is 485 g/mol. The second-order valence-corrected chi connectivity index (χ2v) is 10.3. The highest BCUT2D eigenvalue weighted by Gasteiger charge is 2.38. The minimum atomic E-state index is -0.721. The van der Waals surface area contributed by atoms with Crippen LogP contribution < -0.4 is 5.32 Å². The topological polar surface area (TPSA) is 117 Å². The first-order chi connectivity index (χ1) is 16.6. The number of hydrogen-bond donors (Lipinski definition) is 2. The molecular weight excluding hydrogens is 446 g/mol. The van der Waals surface area contributed by atoms with Gasteiger partial charge in [-0.05, 0) is 29.5 Å². The molecule has 3 amide bonds. The van der Waals surface area contributed by atoms with E-state index < -0.39 is 17.4 Å². The number of unbranched alkanes of at least 4 members (excludes halogenated alkanes) is 1. The highest BCUT2D eigenvalue weighted by molar-refractivity contribution is 5.89. The van der Waals surface area contributed by atoms with E-state index in [0.29, 0.717) is 49.8 Å². The van der Waals surface area contributed by atoms with Crippen molar-refractivity contribution < 1.29 is 19.6 Å². The van der Waals surface area contributed by atoms with Crippen LogP contribution in [-0.2, 0) is 20.9 Å². The van der Waals surface area contributed by atoms with E-state index in [0.717, 1.165) is 18.4 Å². The third-order valence-electron chi connectivity index (χ3n) is 6.35. The van der Waals surface area contributed by atoms with E-state index >= 15 is 0 Å². The second kappa shape index (κ2) is 13.2. The minimum absolute atomic E-state index is 0.105. The summed E-state index contributed by atoms with van der Waals surface area (Å²) in [4.78, 5) is 41.5. The summed E-state index contributed by atoms with van der Waals surface area (Å²) in [6.07, 6.45) is 2.46. The second-order valence-electron chi connectivity index (χ2n) is 10.3. The molecule has 9 heteroatoms. The highest BCUT2D eigenvalue weighted by Crippen LogP contribution is 2.23. The Morgan fingerprint density at radius 2 is 1.94 bits per heavy atom. The molecule has 0 radical (unpaired) electrons. The number of amides is 3. The van der Waals surface area contributed by atoms with E-state index in [9.17, 15) is 19.6 Å². The van der Waals surface area contributed by atoms with Gasteiger partial charge >= 0.3 is 0 Å². The number of piperazine rings is 1. The number of hydrogen-bond acceptors (Lipinski definition) is 6. The normalized spacial score (nSPS) is 16.2. The third kappa shape index (κ3) is 8.64. The maximum atomic E-state index is 13.5. The zero-order valence-corrected chi connectivity index (χ0v) is 21.4. The first-order valence-corrected chi connectivity index (χ1v) is 12.3. The van der Waals surface area contributed by atoms with Crippen molar-refractivity contribution in [2.24, 2.45) is 11.3 Å². The molecule has 192 valence electrons. The molecule has 0 saturated carbocycles. The Balaban J connectivity index is 2.02. The molecule has 1 saturated heterocycles. The van der Waals surface area contributed by atoms with Crippen molar-refractivity contribution >= 4 is 18.2 Å². The number of hydroxylamine groups is 2. The van der Waals surface area contributed by atoms with Crippen molar-refractivity contribution in [2.75, 3.05) is 32.7 Å². The summed E-state index contributed by atoms with van der Waals surface area (Å²) in [7, 11) is 0. The van der Waals surface area contributed by atoms with Gasteiger partial charge in [-0.2, -0.15) is 5.26 Å². The molecule has 2 rings (SSSR count). The molecule has 1 aromatic carbocycles. The fourth-order valence-corrected chi connectivity index (χ4v) is 4.24. The van der Waals surface area contributed by atoms with Gasteiger partial charge in [0.15, 0.2) is 0 Å². The summed E-state index contributed by atoms with van der Waals surface area (Å²) in [5.74, 6) is -1.05. The molecule has 1 aliphatic rings. The van der Waals surface area contributed by atoms with E-state index in [-0.39, 0.29) is 24.8 Å². The quantitative estimate of drug-likeness (QED) is 0.282. The minimum Gasteiger partial charge on any atom is -0.344 e. The van der Waals surface area contributed by atoms with Crippen LogP contribution in [0.5, 0.6) is 0 Å². The molecule has 0 spiro atoms. The largest absolute Gasteiger partial charge is 0.344 e. The Morgan fingerprint density at radius 3 is 2.51 bits per heavy atom. The van der Waals surface area contributed by atoms with Crippen molar-refractivity contribution in [3.63, 3.8) is 0 Å². The molecule has 35 heavy (non-hydrogen) atoms. The summed E-state index contributed by atoms with van der Waals surface area (Å²) < 4.78 is 0. The molecule has 1 aliphatic heterocycles. The number of benzene rings is 1. The van der Waals surface area contributed by atoms with Crippen LogP contribution in [0.15, 0.2) is 24.3 Å². The van der Waals surface area contributed by atoms with Gasteiger partial charge in [-0.25, -0.2) is 5.06 Å². The molecule has 9 nitrogen and oxygen atoms in total. The summed E-state index contributed by atoms with van der Waals surface area (Å²) in [5.41, 5.74) is 1.19. The molecule has 0 bridgehead atoms. The van der Waals surface area contributed by atoms with Gasteiger partial charge in [-0.3, -0.25) is 24.5 Å². The lowest BCUT2D eigenvalue weighted by Gasteiger charge is -2.40. The van der Waals surface area contributed by atoms with E-state index in [1.807, 2.05) is 45.9 Å². The fourth-order valence-electron chi connectivity index (χ4n) is 4.24. The van der Waals surface area contributed by atoms with Gasteiger partial charge in [0.1, 0.15) is 6.04 Å². The standard InChI is InChI=1S/C26H39N5O4/c1-5-6-10-22(18-31(35)19-32)24(33)28-23(26(2,3)4)25(34)30-13-11-29(12-14-30)17-21-9-7-8-20(15-21)16-27/h7-9,15,19,22-23,35H,5-6,10-14,17-18H2,1-4H3,(H,28,33)/t22-,23-/m1/s1. The number of rotatable bonds is 11. The Hall–Kier alpha value is -2.96. The molecule has 0 unspecified atom stereocenters. The van der Waals surface area contributed by atoms with E-state index in [1.54, 1.807) is 11.0 Å². The third-order valence-corrected chi connectivity index (χ3v) is 6.35. The summed E-state index contributed by atoms with van der Waals surface area (Å²) in [6, 6.07) is 8.98. The van der Waals surface area contributed by atoms with Crippen molar-refractivity contribution in [3.8, 4) is 6.07 Å². The SMILES string of the molecule is CCCC[C@H](CN(O)C=O)C(=O)N[C@H](C(=O)N1CCN(Cc2cccc(C#N)c2)CC1)C(C)(C)C. The molecule has 0 aliphatic carbocycles. The van der Waals surface area contributed by atoms with Crippen LogP contribution in [0.1, 0.15) is 58.1 Å². The van der Waals surface area contributed by atoms with E-state index in [2.05, 4.69) is 16.3 Å². The van der Waals surface area contributed by atoms with Crippen LogP contribution in [0.4, 0.5) is 0 Å². The molecule has 1 fully saturated rings. The predicted octanol–water partition coefficient (Wildman–Crippen LogP) is 2.39. The summed E-state index contributed by atoms with van der Waals surface area (Å²) in [5, 5.41) is 22.2. The summed E-state index contributed by atoms with van der Waals surface area (Å²) in [6.45, 7) is 10.9. The van der Waals surface area contributed by atoms with Crippen molar-refractivity contribution in [1.29, 1.82) is 5.26 Å². The molecule has 2 N–H and O–H groups in total. The lowest BCUT2D eigenvalue weighted by atomic mass is 9.85. The molecule has 1 heterocycles. The Morgan fingerprint density at radius 1 is 1.26 bits per heavy atom. The van der Waals surface area contributed by atoms with E-state index in [1.165, 1.54) is 0 Å². The zero-order chi connectivity index (χ0) is 26.0. The number of nitrogens with zero attached hydrogens (tertiary/aromatic N) is 4. The zero-order valence-electron chi connectivity index (χ0n) is 21.4. The van der Waals surface area contributed by atoms with Crippen molar-refractivity contribution in [1.82, 2.24) is 20.2 Å². The molecule has 0 aromatic heterocycles. The van der Waals surface area contributed by atoms with Crippen molar-refractivity contribution in [2.45, 2.75) is 59.5 Å². The van der Waals surface area contributed by atoms with Gasteiger partial charge in [0.05, 0.1) is 24.1 Å². The van der Waals surface area contributed by atoms with Crippen LogP contribution in [0.3, 0.4) is 0 Å². The maximum absolute atomic E-state index is 13.5. The van der Waals surface area contributed by atoms with Gasteiger partial charge < -0.3 is 10.2 Å². The molecular formula is C26H39N5O4. The first kappa shape index (κ1) is 28.3. The lowest BCUT2D eigenvalue weighted by molar-refractivity contribution is -0.155. The average molecular weight is 486 g/mol.